The molecule has 4 heteroatoms. The highest BCUT2D eigenvalue weighted by Gasteiger charge is 2.10. The first-order valence-electron chi connectivity index (χ1n) is 8.49. The average Bonchev–Trinajstić information content (AvgIpc) is 2.71. The molecule has 0 bridgehead atoms. The zero-order valence-corrected chi connectivity index (χ0v) is 16.9. The molecule has 0 amide bonds. The van der Waals surface area contributed by atoms with Crippen molar-refractivity contribution in [3.05, 3.63) is 95.6 Å². The lowest BCUT2D eigenvalue weighted by Crippen LogP contribution is -2.09. The molecule has 26 heavy (non-hydrogen) atoms. The van der Waals surface area contributed by atoms with E-state index in [1.807, 2.05) is 23.5 Å². The van der Waals surface area contributed by atoms with Gasteiger partial charge >= 0.3 is 0 Å². The number of hydrogen-bond acceptors (Lipinski definition) is 3. The number of benzene rings is 3. The van der Waals surface area contributed by atoms with Crippen LogP contribution in [0.15, 0.2) is 88.7 Å². The third-order valence-corrected chi connectivity index (χ3v) is 6.57. The Kier molecular flexibility index (Phi) is 7.62. The van der Waals surface area contributed by atoms with Gasteiger partial charge in [0.25, 0.3) is 0 Å². The standard InChI is InChI=1S/C22H21NS3/c24-17-23-14-20-12-7-13-21(25-15-18-8-3-1-4-9-18)22(20)26-16-19-10-5-2-6-11-19/h1-13,17H,14-16H2,(H,23,24). The molecule has 0 radical (unpaired) electrons. The highest BCUT2D eigenvalue weighted by molar-refractivity contribution is 8.01. The summed E-state index contributed by atoms with van der Waals surface area (Å²) in [7, 11) is 0. The first kappa shape index (κ1) is 19.0. The van der Waals surface area contributed by atoms with E-state index in [-0.39, 0.29) is 0 Å². The Labute approximate surface area is 169 Å². The number of rotatable bonds is 9. The maximum absolute atomic E-state index is 4.94. The highest BCUT2D eigenvalue weighted by Crippen LogP contribution is 2.37. The largest absolute Gasteiger partial charge is 0.378 e. The molecule has 0 aromatic heterocycles. The van der Waals surface area contributed by atoms with Crippen LogP contribution in [0.4, 0.5) is 0 Å². The van der Waals surface area contributed by atoms with Crippen molar-refractivity contribution in [1.82, 2.24) is 5.32 Å². The van der Waals surface area contributed by atoms with E-state index >= 15 is 0 Å². The molecule has 1 nitrogen and oxygen atoms in total. The first-order chi connectivity index (χ1) is 12.9. The number of thiocarbonyl (C=S) groups is 1. The highest BCUT2D eigenvalue weighted by atomic mass is 32.2. The van der Waals surface area contributed by atoms with Crippen molar-refractivity contribution in [3.8, 4) is 0 Å². The maximum atomic E-state index is 4.94. The summed E-state index contributed by atoms with van der Waals surface area (Å²) < 4.78 is 0. The van der Waals surface area contributed by atoms with Gasteiger partial charge in [0.2, 0.25) is 0 Å². The van der Waals surface area contributed by atoms with Gasteiger partial charge in [0.1, 0.15) is 0 Å². The Morgan fingerprint density at radius 1 is 0.731 bits per heavy atom. The minimum Gasteiger partial charge on any atom is -0.378 e. The molecule has 0 saturated heterocycles. The summed E-state index contributed by atoms with van der Waals surface area (Å²) in [6, 6.07) is 27.8. The molecular formula is C22H21NS3. The van der Waals surface area contributed by atoms with E-state index < -0.39 is 0 Å². The molecular weight excluding hydrogens is 374 g/mol. The normalized spacial score (nSPS) is 10.5. The van der Waals surface area contributed by atoms with E-state index in [1.165, 1.54) is 26.5 Å². The molecule has 0 unspecified atom stereocenters. The Balaban J connectivity index is 1.78. The lowest BCUT2D eigenvalue weighted by atomic mass is 10.2. The minimum atomic E-state index is 0.764. The van der Waals surface area contributed by atoms with Gasteiger partial charge in [0, 0.05) is 27.8 Å². The van der Waals surface area contributed by atoms with Crippen molar-refractivity contribution < 1.29 is 0 Å². The van der Waals surface area contributed by atoms with Gasteiger partial charge in [-0.05, 0) is 22.8 Å². The molecule has 0 spiro atoms. The molecule has 3 rings (SSSR count). The predicted molar refractivity (Wildman–Crippen MR) is 119 cm³/mol. The van der Waals surface area contributed by atoms with E-state index in [0.717, 1.165) is 18.1 Å². The van der Waals surface area contributed by atoms with E-state index in [2.05, 4.69) is 84.2 Å². The van der Waals surface area contributed by atoms with Crippen LogP contribution in [0.25, 0.3) is 0 Å². The second-order valence-electron chi connectivity index (χ2n) is 5.79. The molecule has 3 aromatic rings. The summed E-state index contributed by atoms with van der Waals surface area (Å²) in [5.41, 5.74) is 5.58. The predicted octanol–water partition coefficient (Wildman–Crippen LogP) is 6.32. The van der Waals surface area contributed by atoms with E-state index in [0.29, 0.717) is 0 Å². The number of thioether (sulfide) groups is 2. The molecule has 1 N–H and O–H groups in total. The Bertz CT molecular complexity index is 819. The minimum absolute atomic E-state index is 0.764. The second-order valence-corrected chi connectivity index (χ2v) is 8.03. The molecule has 132 valence electrons. The van der Waals surface area contributed by atoms with Crippen LogP contribution in [0.3, 0.4) is 0 Å². The van der Waals surface area contributed by atoms with Crippen molar-refractivity contribution in [2.75, 3.05) is 0 Å². The van der Waals surface area contributed by atoms with Gasteiger partial charge in [-0.3, -0.25) is 0 Å². The summed E-state index contributed by atoms with van der Waals surface area (Å²) in [4.78, 5) is 2.68. The second kappa shape index (κ2) is 10.4. The van der Waals surface area contributed by atoms with Gasteiger partial charge in [-0.25, -0.2) is 0 Å². The summed E-state index contributed by atoms with van der Waals surface area (Å²) in [6.07, 6.45) is 0. The van der Waals surface area contributed by atoms with E-state index in [4.69, 9.17) is 12.2 Å². The summed E-state index contributed by atoms with van der Waals surface area (Å²) >= 11 is 8.74. The van der Waals surface area contributed by atoms with Crippen LogP contribution in [-0.4, -0.2) is 5.49 Å². The van der Waals surface area contributed by atoms with E-state index in [9.17, 15) is 0 Å². The summed E-state index contributed by atoms with van der Waals surface area (Å²) in [5, 5.41) is 3.17. The maximum Gasteiger partial charge on any atom is 0.0617 e. The zero-order valence-electron chi connectivity index (χ0n) is 14.4. The van der Waals surface area contributed by atoms with Gasteiger partial charge in [0.05, 0.1) is 5.49 Å². The monoisotopic (exact) mass is 395 g/mol. The molecule has 0 atom stereocenters. The van der Waals surface area contributed by atoms with Crippen LogP contribution in [-0.2, 0) is 18.1 Å². The van der Waals surface area contributed by atoms with Crippen LogP contribution in [0.2, 0.25) is 0 Å². The fraction of sp³-hybridized carbons (Fsp3) is 0.136. The smallest absolute Gasteiger partial charge is 0.0617 e. The van der Waals surface area contributed by atoms with Crippen molar-refractivity contribution in [3.63, 3.8) is 0 Å². The molecule has 0 aliphatic heterocycles. The van der Waals surface area contributed by atoms with E-state index in [1.54, 1.807) is 5.49 Å². The van der Waals surface area contributed by atoms with Crippen molar-refractivity contribution in [2.24, 2.45) is 0 Å². The molecule has 0 aliphatic carbocycles. The topological polar surface area (TPSA) is 12.0 Å². The third kappa shape index (κ3) is 5.63. The zero-order chi connectivity index (χ0) is 18.0. The Morgan fingerprint density at radius 2 is 1.35 bits per heavy atom. The molecule has 0 fully saturated rings. The summed E-state index contributed by atoms with van der Waals surface area (Å²) in [5.74, 6) is 1.94. The van der Waals surface area contributed by atoms with Crippen molar-refractivity contribution >= 4 is 41.2 Å². The fourth-order valence-electron chi connectivity index (χ4n) is 2.59. The lowest BCUT2D eigenvalue weighted by molar-refractivity contribution is 0.902. The molecule has 3 aromatic carbocycles. The number of hydrogen-bond donors (Lipinski definition) is 1. The number of nitrogens with one attached hydrogen (secondary N) is 1. The third-order valence-electron chi connectivity index (χ3n) is 3.90. The van der Waals surface area contributed by atoms with Gasteiger partial charge < -0.3 is 5.32 Å². The van der Waals surface area contributed by atoms with Gasteiger partial charge in [-0.2, -0.15) is 0 Å². The van der Waals surface area contributed by atoms with Gasteiger partial charge in [-0.1, -0.05) is 85.0 Å². The van der Waals surface area contributed by atoms with Crippen LogP contribution >= 0.6 is 35.7 Å². The van der Waals surface area contributed by atoms with Crippen molar-refractivity contribution in [1.29, 1.82) is 0 Å². The first-order valence-corrected chi connectivity index (χ1v) is 10.9. The fourth-order valence-corrected chi connectivity index (χ4v) is 5.02. The van der Waals surface area contributed by atoms with Crippen LogP contribution in [0.1, 0.15) is 16.7 Å². The van der Waals surface area contributed by atoms with Gasteiger partial charge in [0.15, 0.2) is 0 Å². The van der Waals surface area contributed by atoms with Crippen LogP contribution in [0.5, 0.6) is 0 Å². The summed E-state index contributed by atoms with van der Waals surface area (Å²) in [6.45, 7) is 0.764. The Hall–Kier alpha value is -1.75. The van der Waals surface area contributed by atoms with Crippen LogP contribution < -0.4 is 5.32 Å². The molecule has 0 heterocycles. The average molecular weight is 396 g/mol. The van der Waals surface area contributed by atoms with Crippen molar-refractivity contribution in [2.45, 2.75) is 27.8 Å². The molecule has 0 aliphatic rings. The SMILES string of the molecule is S=CNCc1cccc(SCc2ccccc2)c1SCc1ccccc1. The van der Waals surface area contributed by atoms with Gasteiger partial charge in [-0.15, -0.1) is 23.5 Å². The van der Waals surface area contributed by atoms with Crippen LogP contribution in [0, 0.1) is 0 Å². The quantitative estimate of drug-likeness (QED) is 0.336. The Morgan fingerprint density at radius 3 is 1.96 bits per heavy atom. The lowest BCUT2D eigenvalue weighted by Gasteiger charge is -2.14. The molecule has 0 saturated carbocycles.